The van der Waals surface area contributed by atoms with Crippen LogP contribution in [0, 0.1) is 0 Å². The van der Waals surface area contributed by atoms with Crippen molar-refractivity contribution in [3.05, 3.63) is 67.3 Å². The van der Waals surface area contributed by atoms with Gasteiger partial charge in [-0.25, -0.2) is 4.98 Å². The second-order valence-corrected chi connectivity index (χ2v) is 5.44. The van der Waals surface area contributed by atoms with Crippen molar-refractivity contribution in [3.8, 4) is 17.2 Å². The second kappa shape index (κ2) is 7.53. The number of anilines is 1. The zero-order valence-electron chi connectivity index (χ0n) is 14.0. The van der Waals surface area contributed by atoms with Crippen molar-refractivity contribution in [3.63, 3.8) is 0 Å². The Bertz CT molecular complexity index is 812. The zero-order chi connectivity index (χ0) is 17.6. The van der Waals surface area contributed by atoms with Crippen LogP contribution in [0.3, 0.4) is 0 Å². The van der Waals surface area contributed by atoms with Crippen molar-refractivity contribution in [1.82, 2.24) is 9.55 Å². The van der Waals surface area contributed by atoms with E-state index in [1.807, 2.05) is 35.0 Å². The number of nitrogens with zero attached hydrogens (tertiary/aromatic N) is 2. The van der Waals surface area contributed by atoms with E-state index in [9.17, 15) is 4.79 Å². The molecule has 1 unspecified atom stereocenters. The Balaban J connectivity index is 1.59. The Labute approximate surface area is 146 Å². The fourth-order valence-corrected chi connectivity index (χ4v) is 2.28. The van der Waals surface area contributed by atoms with Gasteiger partial charge in [0, 0.05) is 23.8 Å². The van der Waals surface area contributed by atoms with E-state index in [0.29, 0.717) is 11.4 Å². The number of aromatic nitrogens is 2. The molecule has 0 saturated heterocycles. The van der Waals surface area contributed by atoms with E-state index in [4.69, 9.17) is 9.47 Å². The van der Waals surface area contributed by atoms with Gasteiger partial charge < -0.3 is 19.4 Å². The van der Waals surface area contributed by atoms with Gasteiger partial charge in [-0.2, -0.15) is 0 Å². The number of methoxy groups -OCH3 is 1. The van der Waals surface area contributed by atoms with Gasteiger partial charge in [0.1, 0.15) is 11.5 Å². The van der Waals surface area contributed by atoms with E-state index >= 15 is 0 Å². The zero-order valence-corrected chi connectivity index (χ0v) is 14.0. The fourth-order valence-electron chi connectivity index (χ4n) is 2.28. The van der Waals surface area contributed by atoms with Crippen molar-refractivity contribution in [1.29, 1.82) is 0 Å². The van der Waals surface area contributed by atoms with E-state index < -0.39 is 6.10 Å². The maximum Gasteiger partial charge on any atom is 0.265 e. The highest BCUT2D eigenvalue weighted by Crippen LogP contribution is 2.19. The van der Waals surface area contributed by atoms with Crippen molar-refractivity contribution in [2.24, 2.45) is 0 Å². The summed E-state index contributed by atoms with van der Waals surface area (Å²) in [5.74, 6) is 1.13. The molecule has 6 heteroatoms. The van der Waals surface area contributed by atoms with Crippen molar-refractivity contribution < 1.29 is 14.3 Å². The van der Waals surface area contributed by atoms with Crippen LogP contribution in [0.2, 0.25) is 0 Å². The van der Waals surface area contributed by atoms with Crippen LogP contribution in [0.5, 0.6) is 11.5 Å². The van der Waals surface area contributed by atoms with Gasteiger partial charge >= 0.3 is 0 Å². The molecule has 6 nitrogen and oxygen atoms in total. The number of rotatable bonds is 6. The first-order valence-corrected chi connectivity index (χ1v) is 7.85. The van der Waals surface area contributed by atoms with Crippen LogP contribution in [0.4, 0.5) is 5.69 Å². The Morgan fingerprint density at radius 1 is 1.08 bits per heavy atom. The van der Waals surface area contributed by atoms with Crippen LogP contribution in [0.25, 0.3) is 5.69 Å². The van der Waals surface area contributed by atoms with Gasteiger partial charge in [0.2, 0.25) is 0 Å². The second-order valence-electron chi connectivity index (χ2n) is 5.44. The number of hydrogen-bond donors (Lipinski definition) is 1. The molecular weight excluding hydrogens is 318 g/mol. The molecule has 1 heterocycles. The molecule has 1 atom stereocenters. The van der Waals surface area contributed by atoms with Gasteiger partial charge in [0.15, 0.2) is 6.10 Å². The summed E-state index contributed by atoms with van der Waals surface area (Å²) in [5.41, 5.74) is 1.68. The topological polar surface area (TPSA) is 65.4 Å². The largest absolute Gasteiger partial charge is 0.497 e. The third kappa shape index (κ3) is 4.17. The summed E-state index contributed by atoms with van der Waals surface area (Å²) in [5, 5.41) is 2.84. The Kier molecular flexibility index (Phi) is 4.99. The van der Waals surface area contributed by atoms with Crippen LogP contribution in [0.1, 0.15) is 6.92 Å². The lowest BCUT2D eigenvalue weighted by Crippen LogP contribution is -2.30. The maximum absolute atomic E-state index is 12.3. The number of benzene rings is 2. The minimum atomic E-state index is -0.623. The molecule has 0 aliphatic heterocycles. The third-order valence-corrected chi connectivity index (χ3v) is 3.68. The Morgan fingerprint density at radius 3 is 2.36 bits per heavy atom. The van der Waals surface area contributed by atoms with E-state index in [1.165, 1.54) is 0 Å². The fraction of sp³-hybridized carbons (Fsp3) is 0.158. The first-order chi connectivity index (χ1) is 12.2. The van der Waals surface area contributed by atoms with Gasteiger partial charge in [-0.05, 0) is 55.5 Å². The predicted molar refractivity (Wildman–Crippen MR) is 95.3 cm³/mol. The number of hydrogen-bond acceptors (Lipinski definition) is 4. The van der Waals surface area contributed by atoms with Crippen LogP contribution in [-0.2, 0) is 4.79 Å². The summed E-state index contributed by atoms with van der Waals surface area (Å²) >= 11 is 0. The summed E-state index contributed by atoms with van der Waals surface area (Å²) in [7, 11) is 1.60. The van der Waals surface area contributed by atoms with Crippen LogP contribution in [-0.4, -0.2) is 28.7 Å². The Hall–Kier alpha value is -3.28. The van der Waals surface area contributed by atoms with Gasteiger partial charge in [-0.3, -0.25) is 4.79 Å². The van der Waals surface area contributed by atoms with Crippen LogP contribution >= 0.6 is 0 Å². The molecule has 3 rings (SSSR count). The van der Waals surface area contributed by atoms with Gasteiger partial charge in [0.25, 0.3) is 5.91 Å². The molecule has 2 aromatic carbocycles. The lowest BCUT2D eigenvalue weighted by atomic mass is 10.2. The molecule has 128 valence electrons. The molecule has 0 spiro atoms. The number of carbonyl (C=O) groups excluding carboxylic acids is 1. The molecule has 0 radical (unpaired) electrons. The normalized spacial score (nSPS) is 11.6. The molecule has 1 N–H and O–H groups in total. The van der Waals surface area contributed by atoms with Crippen molar-refractivity contribution in [2.75, 3.05) is 12.4 Å². The van der Waals surface area contributed by atoms with Gasteiger partial charge in [-0.1, -0.05) is 0 Å². The first kappa shape index (κ1) is 16.6. The lowest BCUT2D eigenvalue weighted by molar-refractivity contribution is -0.122. The maximum atomic E-state index is 12.3. The molecule has 0 bridgehead atoms. The van der Waals surface area contributed by atoms with E-state index in [0.717, 1.165) is 11.4 Å². The van der Waals surface area contributed by atoms with E-state index in [-0.39, 0.29) is 5.91 Å². The molecule has 0 fully saturated rings. The first-order valence-electron chi connectivity index (χ1n) is 7.85. The van der Waals surface area contributed by atoms with Gasteiger partial charge in [0.05, 0.1) is 13.4 Å². The third-order valence-electron chi connectivity index (χ3n) is 3.68. The summed E-state index contributed by atoms with van der Waals surface area (Å²) in [6.07, 6.45) is 4.67. The highest BCUT2D eigenvalue weighted by atomic mass is 16.5. The average Bonchev–Trinajstić information content (AvgIpc) is 3.17. The summed E-state index contributed by atoms with van der Waals surface area (Å²) in [4.78, 5) is 16.3. The standard InChI is InChI=1S/C19H19N3O3/c1-14(25-18-9-7-17(24-2)8-10-18)19(23)21-15-3-5-16(6-4-15)22-12-11-20-13-22/h3-14H,1-2H3,(H,21,23). The van der Waals surface area contributed by atoms with Crippen LogP contribution < -0.4 is 14.8 Å². The van der Waals surface area contributed by atoms with Crippen molar-refractivity contribution >= 4 is 11.6 Å². The monoisotopic (exact) mass is 337 g/mol. The number of carbonyl (C=O) groups is 1. The molecule has 3 aromatic rings. The number of ether oxygens (including phenoxy) is 2. The highest BCUT2D eigenvalue weighted by Gasteiger charge is 2.15. The highest BCUT2D eigenvalue weighted by molar-refractivity contribution is 5.94. The number of nitrogens with one attached hydrogen (secondary N) is 1. The van der Waals surface area contributed by atoms with Crippen molar-refractivity contribution in [2.45, 2.75) is 13.0 Å². The minimum absolute atomic E-state index is 0.216. The molecule has 0 aliphatic rings. The SMILES string of the molecule is COc1ccc(OC(C)C(=O)Nc2ccc(-n3ccnc3)cc2)cc1. The number of imidazole rings is 1. The van der Waals surface area contributed by atoms with E-state index in [2.05, 4.69) is 10.3 Å². The lowest BCUT2D eigenvalue weighted by Gasteiger charge is -2.15. The smallest absolute Gasteiger partial charge is 0.265 e. The van der Waals surface area contributed by atoms with Crippen LogP contribution in [0.15, 0.2) is 67.3 Å². The molecule has 1 aromatic heterocycles. The Morgan fingerprint density at radius 2 is 1.76 bits per heavy atom. The predicted octanol–water partition coefficient (Wildman–Crippen LogP) is 3.29. The molecule has 25 heavy (non-hydrogen) atoms. The molecule has 0 aliphatic carbocycles. The summed E-state index contributed by atoms with van der Waals surface area (Å²) in [6.45, 7) is 1.71. The molecular formula is C19H19N3O3. The molecule has 0 saturated carbocycles. The minimum Gasteiger partial charge on any atom is -0.497 e. The average molecular weight is 337 g/mol. The quantitative estimate of drug-likeness (QED) is 0.750. The van der Waals surface area contributed by atoms with E-state index in [1.54, 1.807) is 50.8 Å². The van der Waals surface area contributed by atoms with Gasteiger partial charge in [-0.15, -0.1) is 0 Å². The number of amides is 1. The summed E-state index contributed by atoms with van der Waals surface area (Å²) in [6, 6.07) is 14.6. The molecule has 1 amide bonds. The summed E-state index contributed by atoms with van der Waals surface area (Å²) < 4.78 is 12.6.